The minimum absolute atomic E-state index is 0.0846. The Labute approximate surface area is 212 Å². The topological polar surface area (TPSA) is 114 Å². The third-order valence-corrected chi connectivity index (χ3v) is 11.0. The molecule has 1 aromatic carbocycles. The lowest BCUT2D eigenvalue weighted by Gasteiger charge is -2.58. The van der Waals surface area contributed by atoms with Crippen molar-refractivity contribution in [3.05, 3.63) is 33.9 Å². The molecule has 4 aliphatic rings. The predicted molar refractivity (Wildman–Crippen MR) is 137 cm³/mol. The van der Waals surface area contributed by atoms with Gasteiger partial charge in [-0.3, -0.25) is 10.1 Å². The Kier molecular flexibility index (Phi) is 5.67. The van der Waals surface area contributed by atoms with Crippen LogP contribution in [-0.4, -0.2) is 33.0 Å². The Balaban J connectivity index is 1.18. The Hall–Kier alpha value is -2.48. The number of nitrogens with zero attached hydrogens (tertiary/aromatic N) is 3. The van der Waals surface area contributed by atoms with E-state index in [0.717, 1.165) is 49.2 Å². The highest BCUT2D eigenvalue weighted by Gasteiger charge is 2.59. The van der Waals surface area contributed by atoms with E-state index in [1.54, 1.807) is 6.07 Å². The van der Waals surface area contributed by atoms with Crippen molar-refractivity contribution < 1.29 is 14.7 Å². The molecule has 3 fully saturated rings. The Morgan fingerprint density at radius 1 is 1.17 bits per heavy atom. The summed E-state index contributed by atoms with van der Waals surface area (Å²) < 4.78 is 4.83. The number of nitrogens with one attached hydrogen (secondary N) is 1. The number of hydrogen-bond donors (Lipinski definition) is 2. The standard InChI is InChI=1S/C28H38N4O4/c1-16(15-29-23-8-9-24(32(34)35)26-25(23)30-36-31-26)20-6-7-21-19-5-4-17-14-18(33)10-12-27(17,2)22(19)11-13-28(20,21)3/h4,8-9,16,18-22,29,33H,5-7,10-15H2,1-3H3/t16-,18+,19+,20+,21+,22+,27-,28-/m1/s1. The van der Waals surface area contributed by atoms with Crippen molar-refractivity contribution >= 4 is 22.4 Å². The molecule has 2 aromatic rings. The number of anilines is 1. The molecule has 0 bridgehead atoms. The summed E-state index contributed by atoms with van der Waals surface area (Å²) in [5, 5.41) is 32.8. The van der Waals surface area contributed by atoms with Gasteiger partial charge in [-0.25, -0.2) is 4.63 Å². The summed E-state index contributed by atoms with van der Waals surface area (Å²) >= 11 is 0. The van der Waals surface area contributed by atoms with E-state index < -0.39 is 4.92 Å². The average Bonchev–Trinajstić information content (AvgIpc) is 3.47. The largest absolute Gasteiger partial charge is 0.393 e. The van der Waals surface area contributed by atoms with Gasteiger partial charge >= 0.3 is 5.69 Å². The minimum Gasteiger partial charge on any atom is -0.393 e. The van der Waals surface area contributed by atoms with Crippen LogP contribution in [0.4, 0.5) is 11.4 Å². The van der Waals surface area contributed by atoms with Gasteiger partial charge in [0.25, 0.3) is 0 Å². The number of non-ortho nitro benzene ring substituents is 1. The predicted octanol–water partition coefficient (Wildman–Crippen LogP) is 6.12. The smallest absolute Gasteiger partial charge is 0.300 e. The van der Waals surface area contributed by atoms with Gasteiger partial charge in [-0.15, -0.1) is 0 Å². The molecule has 0 saturated heterocycles. The molecule has 4 aliphatic carbocycles. The fourth-order valence-corrected chi connectivity index (χ4v) is 9.17. The summed E-state index contributed by atoms with van der Waals surface area (Å²) in [5.74, 6) is 3.38. The maximum absolute atomic E-state index is 11.3. The van der Waals surface area contributed by atoms with Gasteiger partial charge in [0.05, 0.1) is 16.7 Å². The van der Waals surface area contributed by atoms with Crippen LogP contribution < -0.4 is 5.32 Å². The second-order valence-electron chi connectivity index (χ2n) is 12.6. The van der Waals surface area contributed by atoms with Gasteiger partial charge in [-0.1, -0.05) is 32.4 Å². The van der Waals surface area contributed by atoms with Crippen molar-refractivity contribution in [3.63, 3.8) is 0 Å². The number of benzene rings is 1. The molecule has 36 heavy (non-hydrogen) atoms. The van der Waals surface area contributed by atoms with Gasteiger partial charge in [0, 0.05) is 12.6 Å². The molecule has 1 aromatic heterocycles. The van der Waals surface area contributed by atoms with E-state index in [4.69, 9.17) is 4.63 Å². The van der Waals surface area contributed by atoms with Gasteiger partial charge in [0.15, 0.2) is 5.52 Å². The van der Waals surface area contributed by atoms with E-state index in [9.17, 15) is 15.2 Å². The number of nitro benzene ring substituents is 1. The normalized spacial score (nSPS) is 38.6. The molecule has 6 rings (SSSR count). The van der Waals surface area contributed by atoms with Gasteiger partial charge in [0.1, 0.15) is 0 Å². The summed E-state index contributed by atoms with van der Waals surface area (Å²) in [6.07, 6.45) is 11.7. The summed E-state index contributed by atoms with van der Waals surface area (Å²) in [7, 11) is 0. The highest BCUT2D eigenvalue weighted by Crippen LogP contribution is 2.67. The lowest BCUT2D eigenvalue weighted by Crippen LogP contribution is -2.51. The van der Waals surface area contributed by atoms with Crippen molar-refractivity contribution in [1.82, 2.24) is 10.3 Å². The van der Waals surface area contributed by atoms with Gasteiger partial charge < -0.3 is 10.4 Å². The molecule has 0 aliphatic heterocycles. The number of aliphatic hydroxyl groups excluding tert-OH is 1. The van der Waals surface area contributed by atoms with Crippen molar-refractivity contribution in [1.29, 1.82) is 0 Å². The SMILES string of the molecule is C[C@H](CNc1ccc([N+](=O)[O-])c2nonc12)[C@@H]1CC[C@H]2[C@@H]3CC=C4C[C@@H](O)CC[C@@]4(C)[C@H]3CC[C@@]21C. The Morgan fingerprint density at radius 3 is 2.78 bits per heavy atom. The monoisotopic (exact) mass is 494 g/mol. The first-order chi connectivity index (χ1) is 17.2. The zero-order chi connectivity index (χ0) is 25.2. The minimum atomic E-state index is -0.450. The first-order valence-corrected chi connectivity index (χ1v) is 13.7. The highest BCUT2D eigenvalue weighted by atomic mass is 16.6. The number of aliphatic hydroxyl groups is 1. The van der Waals surface area contributed by atoms with Crippen LogP contribution in [0.3, 0.4) is 0 Å². The van der Waals surface area contributed by atoms with Crippen LogP contribution in [0, 0.1) is 50.5 Å². The zero-order valence-corrected chi connectivity index (χ0v) is 21.6. The number of allylic oxidation sites excluding steroid dienone is 1. The zero-order valence-electron chi connectivity index (χ0n) is 21.6. The third-order valence-electron chi connectivity index (χ3n) is 11.0. The first kappa shape index (κ1) is 23.9. The molecule has 1 heterocycles. The van der Waals surface area contributed by atoms with E-state index in [1.165, 1.54) is 43.7 Å². The van der Waals surface area contributed by atoms with Crippen LogP contribution in [0.25, 0.3) is 11.0 Å². The van der Waals surface area contributed by atoms with Crippen molar-refractivity contribution in [2.45, 2.75) is 78.2 Å². The molecule has 2 N–H and O–H groups in total. The number of nitro groups is 1. The fraction of sp³-hybridized carbons (Fsp3) is 0.714. The van der Waals surface area contributed by atoms with Crippen LogP contribution >= 0.6 is 0 Å². The fourth-order valence-electron chi connectivity index (χ4n) is 9.17. The molecule has 3 saturated carbocycles. The summed E-state index contributed by atoms with van der Waals surface area (Å²) in [6.45, 7) is 8.19. The van der Waals surface area contributed by atoms with E-state index >= 15 is 0 Å². The summed E-state index contributed by atoms with van der Waals surface area (Å²) in [4.78, 5) is 10.9. The first-order valence-electron chi connectivity index (χ1n) is 13.7. The van der Waals surface area contributed by atoms with Gasteiger partial charge in [-0.2, -0.15) is 0 Å². The average molecular weight is 495 g/mol. The second-order valence-corrected chi connectivity index (χ2v) is 12.6. The van der Waals surface area contributed by atoms with Gasteiger partial charge in [0.2, 0.25) is 5.52 Å². The number of aromatic nitrogens is 2. The van der Waals surface area contributed by atoms with Crippen LogP contribution in [0.5, 0.6) is 0 Å². The maximum Gasteiger partial charge on any atom is 0.300 e. The molecule has 0 amide bonds. The van der Waals surface area contributed by atoms with E-state index in [2.05, 4.69) is 42.5 Å². The molecule has 0 spiro atoms. The Morgan fingerprint density at radius 2 is 1.97 bits per heavy atom. The Bertz CT molecular complexity index is 1210. The second kappa shape index (κ2) is 8.54. The molecule has 8 nitrogen and oxygen atoms in total. The lowest BCUT2D eigenvalue weighted by atomic mass is 9.47. The molecule has 0 unspecified atom stereocenters. The quantitative estimate of drug-likeness (QED) is 0.292. The molecule has 0 radical (unpaired) electrons. The van der Waals surface area contributed by atoms with Gasteiger partial charge in [-0.05, 0) is 108 Å². The van der Waals surface area contributed by atoms with Crippen molar-refractivity contribution in [2.24, 2.45) is 40.4 Å². The number of hydrogen-bond acceptors (Lipinski definition) is 7. The van der Waals surface area contributed by atoms with Crippen LogP contribution in [0.2, 0.25) is 0 Å². The number of rotatable bonds is 5. The van der Waals surface area contributed by atoms with Crippen LogP contribution in [0.15, 0.2) is 28.4 Å². The molecule has 8 heteroatoms. The summed E-state index contributed by atoms with van der Waals surface area (Å²) in [6, 6.07) is 3.19. The summed E-state index contributed by atoms with van der Waals surface area (Å²) in [5.41, 5.74) is 3.43. The van der Waals surface area contributed by atoms with E-state index in [-0.39, 0.29) is 22.7 Å². The maximum atomic E-state index is 11.3. The van der Waals surface area contributed by atoms with Crippen molar-refractivity contribution in [3.8, 4) is 0 Å². The molecule has 8 atom stereocenters. The molecular formula is C28H38N4O4. The third kappa shape index (κ3) is 3.51. The molecular weight excluding hydrogens is 456 g/mol. The van der Waals surface area contributed by atoms with E-state index in [0.29, 0.717) is 22.8 Å². The van der Waals surface area contributed by atoms with Crippen LogP contribution in [0.1, 0.15) is 72.1 Å². The van der Waals surface area contributed by atoms with Crippen molar-refractivity contribution in [2.75, 3.05) is 11.9 Å². The number of fused-ring (bicyclic) bond motifs is 6. The lowest BCUT2D eigenvalue weighted by molar-refractivity contribution is -0.383. The highest BCUT2D eigenvalue weighted by molar-refractivity contribution is 5.93. The van der Waals surface area contributed by atoms with Crippen LogP contribution in [-0.2, 0) is 0 Å². The molecule has 194 valence electrons. The van der Waals surface area contributed by atoms with E-state index in [1.807, 2.05) is 0 Å².